The Morgan fingerprint density at radius 2 is 0.353 bits per heavy atom. The predicted molar refractivity (Wildman–Crippen MR) is 546 cm³/mol. The van der Waals surface area contributed by atoms with Crippen LogP contribution in [0.1, 0.15) is 117 Å². The Kier molecular flexibility index (Phi) is 25.1. The van der Waals surface area contributed by atoms with Gasteiger partial charge < -0.3 is 77.1 Å². The summed E-state index contributed by atoms with van der Waals surface area (Å²) in [6, 6.07) is 137. The summed E-state index contributed by atoms with van der Waals surface area (Å²) in [5, 5.41) is 0. The van der Waals surface area contributed by atoms with Gasteiger partial charge in [-0.2, -0.15) is 0 Å². The Balaban J connectivity index is 0.000000108. The van der Waals surface area contributed by atoms with E-state index in [0.717, 1.165) is 111 Å². The van der Waals surface area contributed by atoms with Crippen molar-refractivity contribution in [3.05, 3.63) is 477 Å². The second kappa shape index (κ2) is 39.2. The minimum Gasteiger partial charge on any atom is -0.473 e. The minimum atomic E-state index is -0.159. The molecule has 8 aliphatic rings. The Bertz CT molecular complexity index is 6410. The Hall–Kier alpha value is -15.7. The largest absolute Gasteiger partial charge is 0.473 e. The summed E-state index contributed by atoms with van der Waals surface area (Å²) in [6.45, 7) is 20.7. The van der Waals surface area contributed by atoms with Crippen molar-refractivity contribution in [2.24, 2.45) is 0 Å². The van der Waals surface area contributed by atoms with Crippen LogP contribution in [0.25, 0.3) is 0 Å². The van der Waals surface area contributed by atoms with Crippen molar-refractivity contribution < 1.29 is 37.9 Å². The van der Waals surface area contributed by atoms with Gasteiger partial charge in [-0.15, -0.1) is 0 Å². The standard InChI is InChI=1S/2C31H30N2O2.2C29H26N2O2/c1-31(2,25-11-15-27(16-12-25)32-19-23-7-3-5-9-29(23)34-21-32)26-13-17-28(18-14-26)33-20-24-8-4-6-10-30(24)35-22-33;1-31(2,25-13-15-29-23(17-25)19-32(21-34-29)27-9-5-3-6-10-27)26-14-16-30-24(18-26)20-33(22-35-30)28-11-7-4-8-12-28;1-3-7-28-24(5-1)18-30(20-32-28)26-13-9-22(10-14-26)17-23-11-15-27(16-12-23)31-19-25-6-2-4-8-29(25)33-21-31;1-3-7-26(8-4-1)30-18-24-16-22(11-13-28(24)32-20-30)15-23-12-14-29-25(17-23)19-31(21-33-29)27-9-5-2-6-10-27/h2*3-18H,19-22H2,1-2H3;1-16H,17-21H2;1-14,16-17H,15,18-21H2. The smallest absolute Gasteiger partial charge is 0.161 e. The lowest BCUT2D eigenvalue weighted by Gasteiger charge is -2.34. The molecule has 16 aromatic rings. The molecule has 0 bridgehead atoms. The average Bonchev–Trinajstić information content (AvgIpc) is 0.764. The van der Waals surface area contributed by atoms with E-state index in [2.05, 4.69) is 382 Å². The molecule has 0 N–H and O–H groups in total. The number of rotatable bonds is 16. The molecule has 680 valence electrons. The third-order valence-electron chi connectivity index (χ3n) is 27.4. The first-order chi connectivity index (χ1) is 66.8. The molecule has 0 saturated heterocycles. The molecule has 8 aliphatic heterocycles. The Morgan fingerprint density at radius 1 is 0.169 bits per heavy atom. The SMILES string of the molecule is CC(C)(c1ccc(N2COc3ccccc3C2)cc1)c1ccc(N2COc3ccccc3C2)cc1.CC(C)(c1ccc2c(c1)CN(c1ccccc1)CO2)c1ccc2c(c1)CN(c1ccccc1)CO2.c1ccc(N2COc3ccc(Cc4ccc5c(c4)CN(c4ccccc4)CO5)cc3C2)cc1.c1ccc2c(c1)CN(c1ccc(Cc3ccc(N4COc5ccccc5C4)cc3)cc1)CO2. The van der Waals surface area contributed by atoms with Crippen LogP contribution >= 0.6 is 0 Å². The van der Waals surface area contributed by atoms with Gasteiger partial charge >= 0.3 is 0 Å². The zero-order chi connectivity index (χ0) is 91.7. The molecule has 0 spiro atoms. The number of benzene rings is 16. The van der Waals surface area contributed by atoms with Gasteiger partial charge in [-0.1, -0.05) is 246 Å². The molecule has 16 aromatic carbocycles. The summed E-state index contributed by atoms with van der Waals surface area (Å²) in [6.07, 6.45) is 1.80. The number of ether oxygens (including phenoxy) is 8. The van der Waals surface area contributed by atoms with Gasteiger partial charge in [0.05, 0.1) is 0 Å². The minimum absolute atomic E-state index is 0.104. The maximum absolute atomic E-state index is 6.10. The van der Waals surface area contributed by atoms with Crippen LogP contribution < -0.4 is 77.1 Å². The van der Waals surface area contributed by atoms with Crippen LogP contribution in [0.3, 0.4) is 0 Å². The van der Waals surface area contributed by atoms with Crippen LogP contribution in [-0.4, -0.2) is 53.8 Å². The van der Waals surface area contributed by atoms with Crippen molar-refractivity contribution in [3.63, 3.8) is 0 Å². The molecule has 0 fully saturated rings. The van der Waals surface area contributed by atoms with Gasteiger partial charge in [0, 0.05) is 153 Å². The highest BCUT2D eigenvalue weighted by Gasteiger charge is 2.32. The highest BCUT2D eigenvalue weighted by molar-refractivity contribution is 5.62. The Labute approximate surface area is 798 Å². The molecule has 0 unspecified atom stereocenters. The molecule has 24 rings (SSSR count). The van der Waals surface area contributed by atoms with Gasteiger partial charge in [-0.3, -0.25) is 0 Å². The van der Waals surface area contributed by atoms with Crippen LogP contribution in [0.4, 0.5) is 45.5 Å². The van der Waals surface area contributed by atoms with E-state index in [-0.39, 0.29) is 10.8 Å². The van der Waals surface area contributed by atoms with Crippen molar-refractivity contribution >= 4 is 45.5 Å². The van der Waals surface area contributed by atoms with Gasteiger partial charge in [0.25, 0.3) is 0 Å². The summed E-state index contributed by atoms with van der Waals surface area (Å²) >= 11 is 0. The molecule has 0 atom stereocenters. The zero-order valence-electron chi connectivity index (χ0n) is 77.5. The van der Waals surface area contributed by atoms with Gasteiger partial charge in [-0.25, -0.2) is 0 Å². The van der Waals surface area contributed by atoms with Crippen molar-refractivity contribution in [2.45, 2.75) is 104 Å². The van der Waals surface area contributed by atoms with Crippen molar-refractivity contribution in [1.29, 1.82) is 0 Å². The topological polar surface area (TPSA) is 99.8 Å². The van der Waals surface area contributed by atoms with Crippen LogP contribution in [0.2, 0.25) is 0 Å². The maximum atomic E-state index is 6.10. The predicted octanol–water partition coefficient (Wildman–Crippen LogP) is 25.4. The molecule has 0 aromatic heterocycles. The molecular formula is C120H112N8O8. The van der Waals surface area contributed by atoms with Gasteiger partial charge in [0.2, 0.25) is 0 Å². The quantitative estimate of drug-likeness (QED) is 0.0917. The second-order valence-electron chi connectivity index (χ2n) is 37.1. The third-order valence-corrected chi connectivity index (χ3v) is 27.4. The van der Waals surface area contributed by atoms with E-state index in [1.165, 1.54) is 135 Å². The van der Waals surface area contributed by atoms with Crippen LogP contribution in [0.5, 0.6) is 46.0 Å². The van der Waals surface area contributed by atoms with E-state index in [1.807, 2.05) is 72.8 Å². The summed E-state index contributed by atoms with van der Waals surface area (Å²) in [5.41, 5.74) is 29.4. The lowest BCUT2D eigenvalue weighted by atomic mass is 9.77. The van der Waals surface area contributed by atoms with Gasteiger partial charge in [0.1, 0.15) is 46.0 Å². The lowest BCUT2D eigenvalue weighted by molar-refractivity contribution is 0.288. The lowest BCUT2D eigenvalue weighted by Crippen LogP contribution is -2.32. The summed E-state index contributed by atoms with van der Waals surface area (Å²) in [4.78, 5) is 18.1. The van der Waals surface area contributed by atoms with E-state index in [9.17, 15) is 0 Å². The number of anilines is 8. The van der Waals surface area contributed by atoms with Crippen molar-refractivity contribution in [1.82, 2.24) is 0 Å². The number of para-hydroxylation sites is 8. The Morgan fingerprint density at radius 3 is 0.625 bits per heavy atom. The van der Waals surface area contributed by atoms with Crippen molar-refractivity contribution in [2.75, 3.05) is 93.0 Å². The molecule has 8 heterocycles. The second-order valence-corrected chi connectivity index (χ2v) is 37.1. The number of fused-ring (bicyclic) bond motifs is 8. The molecule has 0 saturated carbocycles. The average molecular weight is 1790 g/mol. The summed E-state index contributed by atoms with van der Waals surface area (Å²) in [7, 11) is 0. The van der Waals surface area contributed by atoms with E-state index in [1.54, 1.807) is 0 Å². The molecule has 16 nitrogen and oxygen atoms in total. The highest BCUT2D eigenvalue weighted by Crippen LogP contribution is 2.43. The molecule has 0 amide bonds. The van der Waals surface area contributed by atoms with E-state index in [4.69, 9.17) is 37.9 Å². The summed E-state index contributed by atoms with van der Waals surface area (Å²) < 4.78 is 48.0. The monoisotopic (exact) mass is 1790 g/mol. The molecule has 0 radical (unpaired) electrons. The van der Waals surface area contributed by atoms with Gasteiger partial charge in [0.15, 0.2) is 53.8 Å². The normalized spacial score (nSPS) is 14.9. The molecular weight excluding hydrogens is 1680 g/mol. The van der Waals surface area contributed by atoms with Crippen LogP contribution in [0.15, 0.2) is 388 Å². The first-order valence-corrected chi connectivity index (χ1v) is 47.2. The fraction of sp³-hybridized carbons (Fsp3) is 0.200. The first-order valence-electron chi connectivity index (χ1n) is 47.2. The number of hydrogen-bond acceptors (Lipinski definition) is 16. The molecule has 16 heteroatoms. The van der Waals surface area contributed by atoms with Crippen LogP contribution in [0, 0.1) is 0 Å². The van der Waals surface area contributed by atoms with Crippen molar-refractivity contribution in [3.8, 4) is 46.0 Å². The maximum Gasteiger partial charge on any atom is 0.161 e. The fourth-order valence-electron chi connectivity index (χ4n) is 19.3. The van der Waals surface area contributed by atoms with E-state index in [0.29, 0.717) is 53.8 Å². The van der Waals surface area contributed by atoms with E-state index < -0.39 is 0 Å². The molecule has 0 aliphatic carbocycles. The van der Waals surface area contributed by atoms with Gasteiger partial charge in [-0.05, 0) is 227 Å². The number of nitrogens with zero attached hydrogens (tertiary/aromatic N) is 8. The highest BCUT2D eigenvalue weighted by atomic mass is 16.5. The fourth-order valence-corrected chi connectivity index (χ4v) is 19.3. The van der Waals surface area contributed by atoms with E-state index >= 15 is 0 Å². The molecule has 136 heavy (non-hydrogen) atoms. The zero-order valence-corrected chi connectivity index (χ0v) is 77.5. The summed E-state index contributed by atoms with van der Waals surface area (Å²) in [5.74, 6) is 7.91. The first kappa shape index (κ1) is 87.0. The third kappa shape index (κ3) is 19.6. The van der Waals surface area contributed by atoms with Crippen LogP contribution in [-0.2, 0) is 76.0 Å². The number of hydrogen-bond donors (Lipinski definition) is 0.